The Morgan fingerprint density at radius 3 is 2.62 bits per heavy atom. The van der Waals surface area contributed by atoms with Crippen LogP contribution in [-0.4, -0.2) is 17.6 Å². The highest BCUT2D eigenvalue weighted by Gasteiger charge is 2.22. The molecule has 1 N–H and O–H groups in total. The zero-order chi connectivity index (χ0) is 16.9. The van der Waals surface area contributed by atoms with Crippen molar-refractivity contribution < 1.29 is 19.2 Å². The number of hydrogen-bond acceptors (Lipinski definition) is 5. The van der Waals surface area contributed by atoms with E-state index < -0.39 is 4.92 Å². The molecule has 24 heavy (non-hydrogen) atoms. The summed E-state index contributed by atoms with van der Waals surface area (Å²) >= 11 is 0. The van der Waals surface area contributed by atoms with E-state index in [1.165, 1.54) is 24.3 Å². The molecule has 7 heteroatoms. The molecule has 0 aromatic heterocycles. The van der Waals surface area contributed by atoms with Gasteiger partial charge in [0.15, 0.2) is 11.5 Å². The first-order valence-corrected chi connectivity index (χ1v) is 7.21. The third-order valence-corrected chi connectivity index (χ3v) is 3.44. The first kappa shape index (κ1) is 15.5. The summed E-state index contributed by atoms with van der Waals surface area (Å²) in [5, 5.41) is 13.9. The van der Waals surface area contributed by atoms with Gasteiger partial charge in [-0.25, -0.2) is 0 Å². The van der Waals surface area contributed by atoms with Gasteiger partial charge in [0.05, 0.1) is 16.6 Å². The van der Waals surface area contributed by atoms with Crippen molar-refractivity contribution in [1.82, 2.24) is 5.32 Å². The fourth-order valence-electron chi connectivity index (χ4n) is 2.25. The van der Waals surface area contributed by atoms with Crippen molar-refractivity contribution in [2.75, 3.05) is 6.79 Å². The minimum Gasteiger partial charge on any atom is -0.454 e. The van der Waals surface area contributed by atoms with E-state index in [4.69, 9.17) is 9.47 Å². The number of nitro groups is 1. The Labute approximate surface area is 137 Å². The Hall–Kier alpha value is -3.35. The van der Waals surface area contributed by atoms with Crippen LogP contribution in [-0.2, 0) is 11.3 Å². The van der Waals surface area contributed by atoms with Crippen molar-refractivity contribution in [3.05, 3.63) is 69.8 Å². The zero-order valence-corrected chi connectivity index (χ0v) is 12.6. The lowest BCUT2D eigenvalue weighted by Gasteiger charge is -2.03. The molecular weight excluding hydrogens is 312 g/mol. The molecule has 0 fully saturated rings. The smallest absolute Gasteiger partial charge is 0.280 e. The van der Waals surface area contributed by atoms with Gasteiger partial charge in [0.25, 0.3) is 5.69 Å². The van der Waals surface area contributed by atoms with Crippen molar-refractivity contribution in [2.24, 2.45) is 0 Å². The molecule has 1 amide bonds. The predicted molar refractivity (Wildman–Crippen MR) is 86.5 cm³/mol. The van der Waals surface area contributed by atoms with E-state index >= 15 is 0 Å². The van der Waals surface area contributed by atoms with Crippen LogP contribution in [0.25, 0.3) is 6.08 Å². The van der Waals surface area contributed by atoms with Crippen LogP contribution in [0.15, 0.2) is 48.5 Å². The minimum absolute atomic E-state index is 0.0250. The maximum absolute atomic E-state index is 11.9. The summed E-state index contributed by atoms with van der Waals surface area (Å²) in [4.78, 5) is 22.5. The molecule has 0 spiro atoms. The fourth-order valence-corrected chi connectivity index (χ4v) is 2.25. The van der Waals surface area contributed by atoms with Crippen LogP contribution in [0.3, 0.4) is 0 Å². The molecule has 0 radical (unpaired) electrons. The first-order valence-electron chi connectivity index (χ1n) is 7.21. The van der Waals surface area contributed by atoms with Gasteiger partial charge in [-0.15, -0.1) is 0 Å². The average Bonchev–Trinajstić information content (AvgIpc) is 3.05. The van der Waals surface area contributed by atoms with E-state index in [0.29, 0.717) is 18.0 Å². The predicted octanol–water partition coefficient (Wildman–Crippen LogP) is 2.65. The number of carbonyl (C=O) groups excluding carboxylic acids is 1. The quantitative estimate of drug-likeness (QED) is 0.518. The van der Waals surface area contributed by atoms with Crippen LogP contribution in [0.4, 0.5) is 5.69 Å². The van der Waals surface area contributed by atoms with Gasteiger partial charge >= 0.3 is 0 Å². The standard InChI is InChI=1S/C17H14N2O5/c20-17(18-10-12-4-2-1-3-5-12)7-6-13-8-15-16(24-11-23-15)9-14(13)19(21)22/h1-9H,10-11H2,(H,18,20)/b7-6+. The number of benzene rings is 2. The molecule has 7 nitrogen and oxygen atoms in total. The Kier molecular flexibility index (Phi) is 4.42. The van der Waals surface area contributed by atoms with Gasteiger partial charge in [-0.05, 0) is 17.7 Å². The maximum atomic E-state index is 11.9. The normalized spacial score (nSPS) is 12.3. The molecule has 2 aromatic rings. The van der Waals surface area contributed by atoms with Crippen molar-refractivity contribution in [2.45, 2.75) is 6.54 Å². The molecule has 1 aliphatic heterocycles. The third kappa shape index (κ3) is 3.52. The lowest BCUT2D eigenvalue weighted by Crippen LogP contribution is -2.20. The fraction of sp³-hybridized carbons (Fsp3) is 0.118. The highest BCUT2D eigenvalue weighted by Crippen LogP contribution is 2.38. The maximum Gasteiger partial charge on any atom is 0.280 e. The molecule has 122 valence electrons. The van der Waals surface area contributed by atoms with E-state index in [0.717, 1.165) is 5.56 Å². The van der Waals surface area contributed by atoms with E-state index in [1.54, 1.807) is 0 Å². The summed E-state index contributed by atoms with van der Waals surface area (Å²) in [5.74, 6) is 0.406. The number of amides is 1. The number of fused-ring (bicyclic) bond motifs is 1. The molecule has 0 unspecified atom stereocenters. The summed E-state index contributed by atoms with van der Waals surface area (Å²) < 4.78 is 10.3. The number of nitro benzene ring substituents is 1. The second kappa shape index (κ2) is 6.82. The van der Waals surface area contributed by atoms with E-state index in [1.807, 2.05) is 30.3 Å². The number of nitrogens with one attached hydrogen (secondary N) is 1. The van der Waals surface area contributed by atoms with Gasteiger partial charge in [-0.1, -0.05) is 30.3 Å². The lowest BCUT2D eigenvalue weighted by atomic mass is 10.1. The highest BCUT2D eigenvalue weighted by atomic mass is 16.7. The average molecular weight is 326 g/mol. The Balaban J connectivity index is 1.71. The molecule has 0 bridgehead atoms. The van der Waals surface area contributed by atoms with Crippen LogP contribution < -0.4 is 14.8 Å². The summed E-state index contributed by atoms with van der Waals surface area (Å²) in [6.07, 6.45) is 2.65. The van der Waals surface area contributed by atoms with Crippen LogP contribution in [0.1, 0.15) is 11.1 Å². The summed E-state index contributed by atoms with van der Waals surface area (Å²) in [7, 11) is 0. The summed E-state index contributed by atoms with van der Waals surface area (Å²) in [6.45, 7) is 0.407. The monoisotopic (exact) mass is 326 g/mol. The number of nitrogens with zero attached hydrogens (tertiary/aromatic N) is 1. The van der Waals surface area contributed by atoms with E-state index in [9.17, 15) is 14.9 Å². The molecule has 0 atom stereocenters. The Morgan fingerprint density at radius 2 is 1.92 bits per heavy atom. The van der Waals surface area contributed by atoms with Crippen molar-refractivity contribution in [3.8, 4) is 11.5 Å². The molecule has 0 aliphatic carbocycles. The molecule has 0 saturated carbocycles. The second-order valence-corrected chi connectivity index (χ2v) is 5.06. The molecule has 0 saturated heterocycles. The third-order valence-electron chi connectivity index (χ3n) is 3.44. The van der Waals surface area contributed by atoms with Gasteiger partial charge in [-0.2, -0.15) is 0 Å². The molecule has 3 rings (SSSR count). The second-order valence-electron chi connectivity index (χ2n) is 5.06. The molecular formula is C17H14N2O5. The lowest BCUT2D eigenvalue weighted by molar-refractivity contribution is -0.385. The number of ether oxygens (including phenoxy) is 2. The number of rotatable bonds is 5. The Morgan fingerprint density at radius 1 is 1.21 bits per heavy atom. The van der Waals surface area contributed by atoms with Gasteiger partial charge in [-0.3, -0.25) is 14.9 Å². The zero-order valence-electron chi connectivity index (χ0n) is 12.6. The number of hydrogen-bond donors (Lipinski definition) is 1. The Bertz CT molecular complexity index is 802. The molecule has 1 heterocycles. The van der Waals surface area contributed by atoms with Crippen LogP contribution >= 0.6 is 0 Å². The molecule has 2 aromatic carbocycles. The largest absolute Gasteiger partial charge is 0.454 e. The molecule has 1 aliphatic rings. The van der Waals surface area contributed by atoms with E-state index in [-0.39, 0.29) is 24.0 Å². The van der Waals surface area contributed by atoms with Gasteiger partial charge in [0.2, 0.25) is 12.7 Å². The summed E-state index contributed by atoms with van der Waals surface area (Å²) in [6, 6.07) is 12.2. The van der Waals surface area contributed by atoms with Crippen molar-refractivity contribution >= 4 is 17.7 Å². The van der Waals surface area contributed by atoms with Gasteiger partial charge in [0, 0.05) is 12.6 Å². The van der Waals surface area contributed by atoms with Gasteiger partial charge < -0.3 is 14.8 Å². The van der Waals surface area contributed by atoms with Crippen LogP contribution in [0, 0.1) is 10.1 Å². The van der Waals surface area contributed by atoms with Crippen molar-refractivity contribution in [1.29, 1.82) is 0 Å². The highest BCUT2D eigenvalue weighted by molar-refractivity contribution is 5.92. The summed E-state index contributed by atoms with van der Waals surface area (Å²) in [5.41, 5.74) is 1.10. The van der Waals surface area contributed by atoms with Gasteiger partial charge in [0.1, 0.15) is 0 Å². The van der Waals surface area contributed by atoms with E-state index in [2.05, 4.69) is 5.32 Å². The van der Waals surface area contributed by atoms with Crippen LogP contribution in [0.2, 0.25) is 0 Å². The van der Waals surface area contributed by atoms with Crippen LogP contribution in [0.5, 0.6) is 11.5 Å². The topological polar surface area (TPSA) is 90.7 Å². The SMILES string of the molecule is O=C(/C=C/c1cc2c(cc1[N+](=O)[O-])OCO2)NCc1ccccc1. The van der Waals surface area contributed by atoms with Crippen molar-refractivity contribution in [3.63, 3.8) is 0 Å². The number of carbonyl (C=O) groups is 1. The first-order chi connectivity index (χ1) is 11.6. The minimum atomic E-state index is -0.524.